The Labute approximate surface area is 167 Å². The monoisotopic (exact) mass is 387 g/mol. The van der Waals surface area contributed by atoms with Crippen molar-refractivity contribution in [2.75, 3.05) is 12.8 Å². The summed E-state index contributed by atoms with van der Waals surface area (Å²) in [5.41, 5.74) is 10.9. The molecule has 0 amide bonds. The average molecular weight is 387 g/mol. The van der Waals surface area contributed by atoms with Gasteiger partial charge in [-0.25, -0.2) is 14.2 Å². The third-order valence-electron chi connectivity index (χ3n) is 4.85. The third-order valence-corrected chi connectivity index (χ3v) is 4.85. The molecule has 0 aliphatic rings. The smallest absolute Gasteiger partial charge is 0.341 e. The number of carbonyl (C=O) groups excluding carboxylic acids is 1. The van der Waals surface area contributed by atoms with E-state index < -0.39 is 5.97 Å². The van der Waals surface area contributed by atoms with E-state index >= 15 is 0 Å². The number of benzene rings is 2. The van der Waals surface area contributed by atoms with Crippen LogP contribution in [-0.2, 0) is 4.74 Å². The summed E-state index contributed by atoms with van der Waals surface area (Å²) < 4.78 is 18.3. The van der Waals surface area contributed by atoms with E-state index in [4.69, 9.17) is 10.5 Å². The van der Waals surface area contributed by atoms with Crippen molar-refractivity contribution in [3.63, 3.8) is 0 Å². The van der Waals surface area contributed by atoms with Gasteiger partial charge in [0, 0.05) is 22.7 Å². The highest BCUT2D eigenvalue weighted by Gasteiger charge is 2.19. The number of nitrogen functional groups attached to an aromatic ring is 1. The Hall–Kier alpha value is -3.80. The number of aryl methyl sites for hydroxylation is 1. The van der Waals surface area contributed by atoms with E-state index in [1.807, 2.05) is 31.2 Å². The minimum absolute atomic E-state index is 0.0542. The molecule has 0 radical (unpaired) electrons. The molecule has 4 rings (SSSR count). The van der Waals surface area contributed by atoms with E-state index in [1.165, 1.54) is 19.2 Å². The fourth-order valence-corrected chi connectivity index (χ4v) is 3.30. The SMILES string of the molecule is COC(=O)c1cc(-c2ccc3nccc(C)c3c2)c(-c2ccc(F)cc2)nc1N. The second kappa shape index (κ2) is 7.31. The molecule has 4 aromatic rings. The van der Waals surface area contributed by atoms with Crippen molar-refractivity contribution in [3.8, 4) is 22.4 Å². The first-order valence-corrected chi connectivity index (χ1v) is 8.98. The maximum absolute atomic E-state index is 13.4. The number of methoxy groups -OCH3 is 1. The zero-order chi connectivity index (χ0) is 20.5. The molecule has 0 saturated heterocycles. The van der Waals surface area contributed by atoms with Crippen LogP contribution in [0.4, 0.5) is 10.2 Å². The molecule has 0 aliphatic heterocycles. The summed E-state index contributed by atoms with van der Waals surface area (Å²) in [5, 5.41) is 0.992. The molecular formula is C23H18FN3O2. The van der Waals surface area contributed by atoms with E-state index in [0.717, 1.165) is 22.0 Å². The fourth-order valence-electron chi connectivity index (χ4n) is 3.30. The molecule has 0 fully saturated rings. The Morgan fingerprint density at radius 2 is 1.76 bits per heavy atom. The van der Waals surface area contributed by atoms with Crippen LogP contribution < -0.4 is 5.73 Å². The molecule has 0 bridgehead atoms. The largest absolute Gasteiger partial charge is 0.465 e. The number of aromatic nitrogens is 2. The Kier molecular flexibility index (Phi) is 4.68. The van der Waals surface area contributed by atoms with Gasteiger partial charge in [0.2, 0.25) is 0 Å². The van der Waals surface area contributed by atoms with Crippen LogP contribution in [0.25, 0.3) is 33.3 Å². The van der Waals surface area contributed by atoms with Gasteiger partial charge in [-0.3, -0.25) is 4.98 Å². The summed E-state index contributed by atoms with van der Waals surface area (Å²) in [6.45, 7) is 2.01. The van der Waals surface area contributed by atoms with Gasteiger partial charge in [-0.15, -0.1) is 0 Å². The number of nitrogens with two attached hydrogens (primary N) is 1. The van der Waals surface area contributed by atoms with Crippen molar-refractivity contribution in [2.24, 2.45) is 0 Å². The van der Waals surface area contributed by atoms with Gasteiger partial charge >= 0.3 is 5.97 Å². The van der Waals surface area contributed by atoms with Crippen LogP contribution in [0.15, 0.2) is 60.8 Å². The van der Waals surface area contributed by atoms with E-state index in [9.17, 15) is 9.18 Å². The Morgan fingerprint density at radius 3 is 2.48 bits per heavy atom. The van der Waals surface area contributed by atoms with Crippen molar-refractivity contribution < 1.29 is 13.9 Å². The molecule has 0 aliphatic carbocycles. The Morgan fingerprint density at radius 1 is 1.03 bits per heavy atom. The molecular weight excluding hydrogens is 369 g/mol. The van der Waals surface area contributed by atoms with E-state index in [0.29, 0.717) is 16.8 Å². The number of rotatable bonds is 3. The maximum atomic E-state index is 13.4. The summed E-state index contributed by atoms with van der Waals surface area (Å²) >= 11 is 0. The highest BCUT2D eigenvalue weighted by molar-refractivity contribution is 5.98. The highest BCUT2D eigenvalue weighted by atomic mass is 19.1. The summed E-state index contributed by atoms with van der Waals surface area (Å²) in [4.78, 5) is 21.0. The van der Waals surface area contributed by atoms with Gasteiger partial charge in [0.05, 0.1) is 18.3 Å². The maximum Gasteiger partial charge on any atom is 0.341 e. The molecule has 2 aromatic heterocycles. The van der Waals surface area contributed by atoms with Crippen LogP contribution in [0, 0.1) is 12.7 Å². The minimum atomic E-state index is -0.569. The number of carbonyl (C=O) groups is 1. The van der Waals surface area contributed by atoms with Crippen LogP contribution in [0.3, 0.4) is 0 Å². The highest BCUT2D eigenvalue weighted by Crippen LogP contribution is 2.35. The fraction of sp³-hybridized carbons (Fsp3) is 0.0870. The average Bonchev–Trinajstić information content (AvgIpc) is 2.74. The minimum Gasteiger partial charge on any atom is -0.465 e. The first kappa shape index (κ1) is 18.6. The van der Waals surface area contributed by atoms with Gasteiger partial charge in [-0.1, -0.05) is 6.07 Å². The predicted octanol–water partition coefficient (Wildman–Crippen LogP) is 4.78. The van der Waals surface area contributed by atoms with E-state index in [2.05, 4.69) is 9.97 Å². The third kappa shape index (κ3) is 3.40. The first-order valence-electron chi connectivity index (χ1n) is 8.98. The molecule has 0 atom stereocenters. The lowest BCUT2D eigenvalue weighted by Gasteiger charge is -2.14. The molecule has 0 unspecified atom stereocenters. The molecule has 6 heteroatoms. The van der Waals surface area contributed by atoms with Crippen LogP contribution in [0.1, 0.15) is 15.9 Å². The quantitative estimate of drug-likeness (QED) is 0.512. The second-order valence-electron chi connectivity index (χ2n) is 6.68. The van der Waals surface area contributed by atoms with Crippen molar-refractivity contribution in [3.05, 3.63) is 77.7 Å². The summed E-state index contributed by atoms with van der Waals surface area (Å²) in [6, 6.07) is 15.4. The lowest BCUT2D eigenvalue weighted by atomic mass is 9.95. The number of fused-ring (bicyclic) bond motifs is 1. The van der Waals surface area contributed by atoms with Crippen LogP contribution >= 0.6 is 0 Å². The first-order chi connectivity index (χ1) is 14.0. The standard InChI is InChI=1S/C23H18FN3O2/c1-13-9-10-26-20-8-5-15(11-17(13)20)18-12-19(23(28)29-2)22(25)27-21(18)14-3-6-16(24)7-4-14/h3-12H,1-2H3,(H2,25,27). The van der Waals surface area contributed by atoms with Gasteiger partial charge in [-0.2, -0.15) is 0 Å². The van der Waals surface area contributed by atoms with Crippen molar-refractivity contribution >= 4 is 22.7 Å². The zero-order valence-electron chi connectivity index (χ0n) is 15.9. The summed E-state index contributed by atoms with van der Waals surface area (Å²) in [6.07, 6.45) is 1.77. The second-order valence-corrected chi connectivity index (χ2v) is 6.68. The predicted molar refractivity (Wildman–Crippen MR) is 111 cm³/mol. The summed E-state index contributed by atoms with van der Waals surface area (Å²) in [5.74, 6) is -0.860. The lowest BCUT2D eigenvalue weighted by Crippen LogP contribution is -2.09. The molecule has 2 aromatic carbocycles. The van der Waals surface area contributed by atoms with Gasteiger partial charge in [-0.05, 0) is 66.6 Å². The molecule has 2 heterocycles. The van der Waals surface area contributed by atoms with E-state index in [-0.39, 0.29) is 17.2 Å². The number of nitrogens with zero attached hydrogens (tertiary/aromatic N) is 2. The zero-order valence-corrected chi connectivity index (χ0v) is 15.9. The number of esters is 1. The van der Waals surface area contributed by atoms with Gasteiger partial charge in [0.1, 0.15) is 17.2 Å². The van der Waals surface area contributed by atoms with Crippen molar-refractivity contribution in [1.29, 1.82) is 0 Å². The van der Waals surface area contributed by atoms with Crippen LogP contribution in [-0.4, -0.2) is 23.0 Å². The molecule has 0 spiro atoms. The number of anilines is 1. The Bertz CT molecular complexity index is 1240. The lowest BCUT2D eigenvalue weighted by molar-refractivity contribution is 0.0601. The van der Waals surface area contributed by atoms with Crippen LogP contribution in [0.5, 0.6) is 0 Å². The number of hydrogen-bond donors (Lipinski definition) is 1. The molecule has 0 saturated carbocycles. The molecule has 5 nitrogen and oxygen atoms in total. The summed E-state index contributed by atoms with van der Waals surface area (Å²) in [7, 11) is 1.29. The van der Waals surface area contributed by atoms with Gasteiger partial charge in [0.15, 0.2) is 0 Å². The number of pyridine rings is 2. The molecule has 29 heavy (non-hydrogen) atoms. The molecule has 144 valence electrons. The number of ether oxygens (including phenoxy) is 1. The van der Waals surface area contributed by atoms with Crippen LogP contribution in [0.2, 0.25) is 0 Å². The molecule has 2 N–H and O–H groups in total. The van der Waals surface area contributed by atoms with Crippen molar-refractivity contribution in [1.82, 2.24) is 9.97 Å². The number of halogens is 1. The van der Waals surface area contributed by atoms with Gasteiger partial charge in [0.25, 0.3) is 0 Å². The van der Waals surface area contributed by atoms with Gasteiger partial charge < -0.3 is 10.5 Å². The topological polar surface area (TPSA) is 78.1 Å². The normalized spacial score (nSPS) is 10.9. The number of hydrogen-bond acceptors (Lipinski definition) is 5. The van der Waals surface area contributed by atoms with Crippen molar-refractivity contribution in [2.45, 2.75) is 6.92 Å². The Balaban J connectivity index is 2.00. The van der Waals surface area contributed by atoms with E-state index in [1.54, 1.807) is 24.4 Å².